The van der Waals surface area contributed by atoms with Crippen LogP contribution in [0.2, 0.25) is 0 Å². The lowest BCUT2D eigenvalue weighted by Crippen LogP contribution is -2.25. The molecule has 1 aromatic rings. The Morgan fingerprint density at radius 2 is 2.21 bits per heavy atom. The van der Waals surface area contributed by atoms with E-state index < -0.39 is 12.1 Å². The van der Waals surface area contributed by atoms with Crippen molar-refractivity contribution in [3.63, 3.8) is 0 Å². The van der Waals surface area contributed by atoms with E-state index in [2.05, 4.69) is 5.10 Å². The fourth-order valence-electron chi connectivity index (χ4n) is 1.37. The number of hydrogen-bond donors (Lipinski definition) is 1. The summed E-state index contributed by atoms with van der Waals surface area (Å²) >= 11 is 0. The molecule has 80 valence electrons. The Morgan fingerprint density at radius 1 is 1.57 bits per heavy atom. The van der Waals surface area contributed by atoms with Gasteiger partial charge in [-0.15, -0.1) is 0 Å². The number of alkyl halides is 3. The van der Waals surface area contributed by atoms with Crippen molar-refractivity contribution in [2.24, 2.45) is 12.8 Å². The van der Waals surface area contributed by atoms with E-state index in [4.69, 9.17) is 5.73 Å². The van der Waals surface area contributed by atoms with Crippen LogP contribution in [0.15, 0.2) is 12.3 Å². The Kier molecular flexibility index (Phi) is 3.15. The van der Waals surface area contributed by atoms with Gasteiger partial charge in [0.25, 0.3) is 0 Å². The molecule has 1 heterocycles. The van der Waals surface area contributed by atoms with Crippen LogP contribution >= 0.6 is 0 Å². The Bertz CT molecular complexity index is 292. The maximum atomic E-state index is 12.6. The Morgan fingerprint density at radius 3 is 2.57 bits per heavy atom. The highest BCUT2D eigenvalue weighted by Gasteiger charge is 2.41. The van der Waals surface area contributed by atoms with E-state index in [0.717, 1.165) is 0 Å². The van der Waals surface area contributed by atoms with Gasteiger partial charge < -0.3 is 5.73 Å². The average Bonchev–Trinajstić information content (AvgIpc) is 2.45. The molecule has 0 radical (unpaired) electrons. The van der Waals surface area contributed by atoms with Crippen molar-refractivity contribution in [3.05, 3.63) is 18.0 Å². The monoisotopic (exact) mass is 207 g/mol. The third-order valence-electron chi connectivity index (χ3n) is 2.07. The molecule has 1 unspecified atom stereocenters. The first kappa shape index (κ1) is 11.0. The molecule has 0 spiro atoms. The second kappa shape index (κ2) is 4.00. The van der Waals surface area contributed by atoms with E-state index in [1.165, 1.54) is 24.0 Å². The van der Waals surface area contributed by atoms with Crippen LogP contribution in [0.3, 0.4) is 0 Å². The van der Waals surface area contributed by atoms with Gasteiger partial charge in [0.2, 0.25) is 0 Å². The molecule has 1 atom stereocenters. The van der Waals surface area contributed by atoms with Gasteiger partial charge in [0.1, 0.15) is 0 Å². The Labute approximate surface area is 79.7 Å². The Balaban J connectivity index is 2.95. The molecule has 0 fully saturated rings. The molecule has 14 heavy (non-hydrogen) atoms. The van der Waals surface area contributed by atoms with Gasteiger partial charge >= 0.3 is 6.18 Å². The van der Waals surface area contributed by atoms with Crippen LogP contribution in [0, 0.1) is 0 Å². The van der Waals surface area contributed by atoms with Crippen LogP contribution in [0.25, 0.3) is 0 Å². The molecule has 0 bridgehead atoms. The SMILES string of the molecule is Cn1nccc1C(CCN)C(F)(F)F. The number of aromatic nitrogens is 2. The summed E-state index contributed by atoms with van der Waals surface area (Å²) in [5.74, 6) is -1.51. The van der Waals surface area contributed by atoms with E-state index in [9.17, 15) is 13.2 Å². The van der Waals surface area contributed by atoms with E-state index in [1.807, 2.05) is 0 Å². The normalized spacial score (nSPS) is 14.4. The van der Waals surface area contributed by atoms with Crippen molar-refractivity contribution in [3.8, 4) is 0 Å². The lowest BCUT2D eigenvalue weighted by atomic mass is 10.0. The van der Waals surface area contributed by atoms with Crippen molar-refractivity contribution in [2.45, 2.75) is 18.5 Å². The average molecular weight is 207 g/mol. The molecule has 3 nitrogen and oxygen atoms in total. The molecule has 0 aliphatic carbocycles. The molecular weight excluding hydrogens is 195 g/mol. The van der Waals surface area contributed by atoms with E-state index in [0.29, 0.717) is 0 Å². The van der Waals surface area contributed by atoms with Crippen molar-refractivity contribution in [1.29, 1.82) is 0 Å². The van der Waals surface area contributed by atoms with Gasteiger partial charge in [0.15, 0.2) is 0 Å². The highest BCUT2D eigenvalue weighted by Crippen LogP contribution is 2.36. The van der Waals surface area contributed by atoms with Gasteiger partial charge in [-0.1, -0.05) is 0 Å². The largest absolute Gasteiger partial charge is 0.397 e. The molecule has 0 aromatic carbocycles. The second-order valence-electron chi connectivity index (χ2n) is 3.05. The summed E-state index contributed by atoms with van der Waals surface area (Å²) in [7, 11) is 1.49. The Hall–Kier alpha value is -1.04. The van der Waals surface area contributed by atoms with Gasteiger partial charge in [-0.25, -0.2) is 0 Å². The third-order valence-corrected chi connectivity index (χ3v) is 2.07. The quantitative estimate of drug-likeness (QED) is 0.814. The van der Waals surface area contributed by atoms with Crippen LogP contribution in [-0.2, 0) is 7.05 Å². The first-order chi connectivity index (χ1) is 6.46. The molecule has 2 N–H and O–H groups in total. The predicted octanol–water partition coefficient (Wildman–Crippen LogP) is 1.41. The van der Waals surface area contributed by atoms with Gasteiger partial charge in [-0.05, 0) is 19.0 Å². The summed E-state index contributed by atoms with van der Waals surface area (Å²) in [6, 6.07) is 1.37. The molecular formula is C8H12F3N3. The maximum Gasteiger partial charge on any atom is 0.397 e. The minimum Gasteiger partial charge on any atom is -0.330 e. The number of nitrogens with two attached hydrogens (primary N) is 1. The summed E-state index contributed by atoms with van der Waals surface area (Å²) in [6.07, 6.45) is -3.01. The van der Waals surface area contributed by atoms with Gasteiger partial charge in [-0.3, -0.25) is 4.68 Å². The van der Waals surface area contributed by atoms with Crippen molar-refractivity contribution < 1.29 is 13.2 Å². The number of halogens is 3. The first-order valence-corrected chi connectivity index (χ1v) is 4.21. The van der Waals surface area contributed by atoms with Gasteiger partial charge in [0.05, 0.1) is 11.6 Å². The van der Waals surface area contributed by atoms with E-state index in [-0.39, 0.29) is 18.7 Å². The van der Waals surface area contributed by atoms with Crippen LogP contribution < -0.4 is 5.73 Å². The first-order valence-electron chi connectivity index (χ1n) is 4.21. The second-order valence-corrected chi connectivity index (χ2v) is 3.05. The summed E-state index contributed by atoms with van der Waals surface area (Å²) < 4.78 is 38.9. The third kappa shape index (κ3) is 2.25. The maximum absolute atomic E-state index is 12.6. The molecule has 1 aromatic heterocycles. The van der Waals surface area contributed by atoms with Crippen LogP contribution in [0.4, 0.5) is 13.2 Å². The lowest BCUT2D eigenvalue weighted by molar-refractivity contribution is -0.152. The zero-order valence-corrected chi connectivity index (χ0v) is 7.75. The lowest BCUT2D eigenvalue weighted by Gasteiger charge is -2.19. The topological polar surface area (TPSA) is 43.8 Å². The molecule has 0 saturated carbocycles. The van der Waals surface area contributed by atoms with Crippen molar-refractivity contribution in [2.75, 3.05) is 6.54 Å². The number of rotatable bonds is 3. The standard InChI is InChI=1S/C8H12F3N3/c1-14-7(3-5-13-14)6(2-4-12)8(9,10)11/h3,5-6H,2,4,12H2,1H3. The number of aryl methyl sites for hydroxylation is 1. The zero-order valence-electron chi connectivity index (χ0n) is 7.75. The van der Waals surface area contributed by atoms with Gasteiger partial charge in [-0.2, -0.15) is 18.3 Å². The van der Waals surface area contributed by atoms with Crippen LogP contribution in [0.1, 0.15) is 18.0 Å². The number of nitrogens with zero attached hydrogens (tertiary/aromatic N) is 2. The minimum absolute atomic E-state index is 0.00928. The molecule has 0 amide bonds. The highest BCUT2D eigenvalue weighted by molar-refractivity contribution is 5.10. The van der Waals surface area contributed by atoms with Gasteiger partial charge in [0, 0.05) is 13.2 Å². The van der Waals surface area contributed by atoms with E-state index >= 15 is 0 Å². The van der Waals surface area contributed by atoms with E-state index in [1.54, 1.807) is 0 Å². The van der Waals surface area contributed by atoms with Crippen LogP contribution in [-0.4, -0.2) is 22.5 Å². The summed E-state index contributed by atoms with van der Waals surface area (Å²) in [6.45, 7) is 0.00928. The van der Waals surface area contributed by atoms with Crippen LogP contribution in [0.5, 0.6) is 0 Å². The summed E-state index contributed by atoms with van der Waals surface area (Å²) in [5, 5.41) is 3.71. The van der Waals surface area contributed by atoms with Crippen molar-refractivity contribution in [1.82, 2.24) is 9.78 Å². The summed E-state index contributed by atoms with van der Waals surface area (Å²) in [5.41, 5.74) is 5.31. The molecule has 0 aliphatic rings. The zero-order chi connectivity index (χ0) is 10.8. The highest BCUT2D eigenvalue weighted by atomic mass is 19.4. The fourth-order valence-corrected chi connectivity index (χ4v) is 1.37. The number of hydrogen-bond acceptors (Lipinski definition) is 2. The fraction of sp³-hybridized carbons (Fsp3) is 0.625. The summed E-state index contributed by atoms with van der Waals surface area (Å²) in [4.78, 5) is 0. The predicted molar refractivity (Wildman–Crippen MR) is 45.7 cm³/mol. The molecule has 0 aliphatic heterocycles. The van der Waals surface area contributed by atoms with Crippen molar-refractivity contribution >= 4 is 0 Å². The smallest absolute Gasteiger partial charge is 0.330 e. The molecule has 0 saturated heterocycles. The minimum atomic E-state index is -4.26. The molecule has 1 rings (SSSR count). The molecule has 6 heteroatoms.